The maximum absolute atomic E-state index is 5.97. The van der Waals surface area contributed by atoms with E-state index in [1.165, 1.54) is 23.1 Å². The minimum atomic E-state index is 0.381. The maximum atomic E-state index is 5.97. The first-order valence-electron chi connectivity index (χ1n) is 9.68. The molecule has 1 heterocycles. The molecule has 1 aliphatic carbocycles. The largest absolute Gasteiger partial charge is 0.497 e. The molecule has 0 aromatic heterocycles. The van der Waals surface area contributed by atoms with Gasteiger partial charge in [-0.2, -0.15) is 0 Å². The average molecular weight is 351 g/mol. The molecule has 0 spiro atoms. The summed E-state index contributed by atoms with van der Waals surface area (Å²) in [6.45, 7) is 4.39. The molecule has 2 aromatic carbocycles. The fraction of sp³-hybridized carbons (Fsp3) is 0.455. The molecule has 4 rings (SSSR count). The third-order valence-corrected chi connectivity index (χ3v) is 5.68. The lowest BCUT2D eigenvalue weighted by atomic mass is 10.0. The average Bonchev–Trinajstić information content (AvgIpc) is 3.34. The van der Waals surface area contributed by atoms with Gasteiger partial charge in [0, 0.05) is 37.6 Å². The second kappa shape index (κ2) is 7.78. The molecular formula is C22H29N3O. The molecule has 4 heteroatoms. The number of likely N-dealkylation sites (tertiary alicyclic amines) is 1. The van der Waals surface area contributed by atoms with Gasteiger partial charge < -0.3 is 20.7 Å². The quantitative estimate of drug-likeness (QED) is 0.805. The molecule has 2 fully saturated rings. The van der Waals surface area contributed by atoms with Crippen molar-refractivity contribution in [3.63, 3.8) is 0 Å². The van der Waals surface area contributed by atoms with E-state index in [-0.39, 0.29) is 0 Å². The maximum Gasteiger partial charge on any atom is 0.119 e. The van der Waals surface area contributed by atoms with Crippen molar-refractivity contribution in [3.05, 3.63) is 54.1 Å². The van der Waals surface area contributed by atoms with E-state index in [9.17, 15) is 0 Å². The number of hydrogen-bond donors (Lipinski definition) is 2. The normalized spacial score (nSPS) is 25.4. The molecule has 138 valence electrons. The van der Waals surface area contributed by atoms with Crippen molar-refractivity contribution in [2.75, 3.05) is 33.3 Å². The topological polar surface area (TPSA) is 50.5 Å². The van der Waals surface area contributed by atoms with Crippen LogP contribution in [0.5, 0.6) is 5.75 Å². The lowest BCUT2D eigenvalue weighted by Crippen LogP contribution is -2.33. The van der Waals surface area contributed by atoms with E-state index in [0.717, 1.165) is 38.3 Å². The number of nitrogens with zero attached hydrogens (tertiary/aromatic N) is 1. The second-order valence-electron chi connectivity index (χ2n) is 7.61. The fourth-order valence-corrected chi connectivity index (χ4v) is 3.99. The van der Waals surface area contributed by atoms with E-state index in [1.54, 1.807) is 7.11 Å². The molecule has 2 aromatic rings. The second-order valence-corrected chi connectivity index (χ2v) is 7.61. The first kappa shape index (κ1) is 17.5. The van der Waals surface area contributed by atoms with Gasteiger partial charge in [-0.25, -0.2) is 0 Å². The van der Waals surface area contributed by atoms with E-state index in [0.29, 0.717) is 18.0 Å². The molecule has 0 amide bonds. The highest BCUT2D eigenvalue weighted by Crippen LogP contribution is 2.41. The van der Waals surface area contributed by atoms with Crippen LogP contribution in [-0.4, -0.2) is 50.3 Å². The summed E-state index contributed by atoms with van der Waals surface area (Å²) in [6, 6.07) is 18.3. The molecule has 1 aliphatic heterocycles. The van der Waals surface area contributed by atoms with Gasteiger partial charge in [0.05, 0.1) is 7.11 Å². The van der Waals surface area contributed by atoms with Crippen molar-refractivity contribution in [1.82, 2.24) is 10.2 Å². The van der Waals surface area contributed by atoms with Crippen molar-refractivity contribution < 1.29 is 4.74 Å². The van der Waals surface area contributed by atoms with E-state index in [2.05, 4.69) is 46.6 Å². The van der Waals surface area contributed by atoms with Crippen LogP contribution in [0.1, 0.15) is 24.3 Å². The molecule has 3 atom stereocenters. The lowest BCUT2D eigenvalue weighted by molar-refractivity contribution is 0.331. The van der Waals surface area contributed by atoms with Crippen LogP contribution in [0.4, 0.5) is 0 Å². The minimum absolute atomic E-state index is 0.381. The SMILES string of the molecule is COc1cccc(-c2ccc([C@@H]3C[C@H]3NCCN3CCC(N)C3)cc2)c1. The summed E-state index contributed by atoms with van der Waals surface area (Å²) in [6.07, 6.45) is 2.39. The van der Waals surface area contributed by atoms with Gasteiger partial charge in [0.2, 0.25) is 0 Å². The Morgan fingerprint density at radius 1 is 1.15 bits per heavy atom. The van der Waals surface area contributed by atoms with Gasteiger partial charge >= 0.3 is 0 Å². The number of rotatable bonds is 7. The molecule has 3 N–H and O–H groups in total. The van der Waals surface area contributed by atoms with Crippen LogP contribution in [0.3, 0.4) is 0 Å². The fourth-order valence-electron chi connectivity index (χ4n) is 3.99. The van der Waals surface area contributed by atoms with Crippen LogP contribution in [0.2, 0.25) is 0 Å². The first-order chi connectivity index (χ1) is 12.7. The number of ether oxygens (including phenoxy) is 1. The lowest BCUT2D eigenvalue weighted by Gasteiger charge is -2.15. The van der Waals surface area contributed by atoms with Crippen molar-refractivity contribution >= 4 is 0 Å². The van der Waals surface area contributed by atoms with Crippen molar-refractivity contribution in [1.29, 1.82) is 0 Å². The van der Waals surface area contributed by atoms with Crippen LogP contribution < -0.4 is 15.8 Å². The number of nitrogens with one attached hydrogen (secondary N) is 1. The van der Waals surface area contributed by atoms with E-state index >= 15 is 0 Å². The summed E-state index contributed by atoms with van der Waals surface area (Å²) in [4.78, 5) is 2.47. The predicted molar refractivity (Wildman–Crippen MR) is 107 cm³/mol. The Morgan fingerprint density at radius 2 is 2.00 bits per heavy atom. The highest BCUT2D eigenvalue weighted by atomic mass is 16.5. The molecule has 2 aliphatic rings. The number of hydrogen-bond acceptors (Lipinski definition) is 4. The summed E-state index contributed by atoms with van der Waals surface area (Å²) < 4.78 is 5.32. The van der Waals surface area contributed by atoms with Gasteiger partial charge in [-0.15, -0.1) is 0 Å². The van der Waals surface area contributed by atoms with Crippen LogP contribution in [0.25, 0.3) is 11.1 Å². The van der Waals surface area contributed by atoms with E-state index in [4.69, 9.17) is 10.5 Å². The van der Waals surface area contributed by atoms with E-state index < -0.39 is 0 Å². The van der Waals surface area contributed by atoms with Gasteiger partial charge in [0.15, 0.2) is 0 Å². The minimum Gasteiger partial charge on any atom is -0.497 e. The summed E-state index contributed by atoms with van der Waals surface area (Å²) >= 11 is 0. The van der Waals surface area contributed by atoms with Gasteiger partial charge in [0.25, 0.3) is 0 Å². The molecular weight excluding hydrogens is 322 g/mol. The van der Waals surface area contributed by atoms with Crippen molar-refractivity contribution in [3.8, 4) is 16.9 Å². The standard InChI is InChI=1S/C22H29N3O/c1-26-20-4-2-3-18(13-20)16-5-7-17(8-6-16)21-14-22(21)24-10-12-25-11-9-19(23)15-25/h2-8,13,19,21-22,24H,9-12,14-15,23H2,1H3/t19?,21-,22+/m0/s1. The zero-order chi connectivity index (χ0) is 17.9. The van der Waals surface area contributed by atoms with Crippen molar-refractivity contribution in [2.45, 2.75) is 30.8 Å². The number of methoxy groups -OCH3 is 1. The summed E-state index contributed by atoms with van der Waals surface area (Å²) in [5.41, 5.74) is 9.85. The molecule has 26 heavy (non-hydrogen) atoms. The Morgan fingerprint density at radius 3 is 2.73 bits per heavy atom. The Labute approximate surface area is 156 Å². The third kappa shape index (κ3) is 4.09. The first-order valence-corrected chi connectivity index (χ1v) is 9.68. The van der Waals surface area contributed by atoms with Gasteiger partial charge in [0.1, 0.15) is 5.75 Å². The zero-order valence-electron chi connectivity index (χ0n) is 15.5. The van der Waals surface area contributed by atoms with Gasteiger partial charge in [-0.3, -0.25) is 0 Å². The number of benzene rings is 2. The molecule has 1 saturated carbocycles. The zero-order valence-corrected chi connectivity index (χ0v) is 15.5. The molecule has 1 unspecified atom stereocenters. The van der Waals surface area contributed by atoms with Crippen LogP contribution >= 0.6 is 0 Å². The van der Waals surface area contributed by atoms with Crippen LogP contribution in [-0.2, 0) is 0 Å². The Balaban J connectivity index is 1.28. The molecule has 1 saturated heterocycles. The summed E-state index contributed by atoms with van der Waals surface area (Å²) in [5, 5.41) is 3.71. The summed E-state index contributed by atoms with van der Waals surface area (Å²) in [7, 11) is 1.71. The Bertz CT molecular complexity index is 730. The molecule has 4 nitrogen and oxygen atoms in total. The van der Waals surface area contributed by atoms with Gasteiger partial charge in [-0.1, -0.05) is 36.4 Å². The molecule has 0 radical (unpaired) electrons. The van der Waals surface area contributed by atoms with Crippen LogP contribution in [0, 0.1) is 0 Å². The third-order valence-electron chi connectivity index (χ3n) is 5.68. The highest BCUT2D eigenvalue weighted by Gasteiger charge is 2.37. The van der Waals surface area contributed by atoms with Crippen molar-refractivity contribution in [2.24, 2.45) is 5.73 Å². The van der Waals surface area contributed by atoms with E-state index in [1.807, 2.05) is 12.1 Å². The molecule has 0 bridgehead atoms. The predicted octanol–water partition coefficient (Wildman–Crippen LogP) is 2.84. The highest BCUT2D eigenvalue weighted by molar-refractivity contribution is 5.65. The Hall–Kier alpha value is -1.88. The monoisotopic (exact) mass is 351 g/mol. The van der Waals surface area contributed by atoms with Gasteiger partial charge in [-0.05, 0) is 48.2 Å². The Kier molecular flexibility index (Phi) is 5.25. The summed E-state index contributed by atoms with van der Waals surface area (Å²) in [5.74, 6) is 1.56. The van der Waals surface area contributed by atoms with Crippen LogP contribution in [0.15, 0.2) is 48.5 Å². The smallest absolute Gasteiger partial charge is 0.119 e. The number of nitrogens with two attached hydrogens (primary N) is 1.